The number of hydrogen-bond donors (Lipinski definition) is 4. The molecule has 5 rings (SSSR count). The Morgan fingerprint density at radius 2 is 1.28 bits per heavy atom. The molecule has 2 heterocycles. The van der Waals surface area contributed by atoms with Crippen molar-refractivity contribution in [2.45, 2.75) is 98.8 Å². The van der Waals surface area contributed by atoms with Gasteiger partial charge in [-0.15, -0.1) is 0 Å². The highest BCUT2D eigenvalue weighted by Gasteiger charge is 2.48. The van der Waals surface area contributed by atoms with E-state index in [2.05, 4.69) is 15.5 Å². The lowest BCUT2D eigenvalue weighted by Crippen LogP contribution is -2.57. The number of aromatic nitrogens is 1. The van der Waals surface area contributed by atoms with Gasteiger partial charge in [0.25, 0.3) is 5.91 Å². The van der Waals surface area contributed by atoms with Gasteiger partial charge in [-0.2, -0.15) is 0 Å². The number of esters is 2. The van der Waals surface area contributed by atoms with Crippen molar-refractivity contribution >= 4 is 38.7 Å². The lowest BCUT2D eigenvalue weighted by molar-refractivity contribution is -0.149. The molecule has 17 nitrogen and oxygen atoms in total. The van der Waals surface area contributed by atoms with E-state index in [9.17, 15) is 37.9 Å². The summed E-state index contributed by atoms with van der Waals surface area (Å²) in [6, 6.07) is 16.0. The molecule has 0 saturated carbocycles. The standard InChI is InChI=1S/C47H59F2N5O12P2/c1-29(2)63-45(59)31(5)51-67(61,65-35-15-11-9-12-16-35)23-21-53(22-24-68(62,66-36-17-13-10-14-18-36)52-32(6)46(60)64-30(3)4)39-28-54-27-37(41(55)42(56)40(54)43(57)47(39,7)8)44(58)50-26-33-19-20-34(48)25-38(33)49/h9-20,25,27,29-32,39,56H,21-24,26,28H2,1-8H3,(H,50,58)(H,51,61)(H,52,62)/t31-,32-,39?,67?,68?/m1/s1. The van der Waals surface area contributed by atoms with E-state index in [-0.39, 0.29) is 49.0 Å². The molecule has 0 bridgehead atoms. The number of ether oxygens (including phenoxy) is 2. The Bertz CT molecular complexity index is 2520. The number of nitrogens with zero attached hydrogens (tertiary/aromatic N) is 2. The minimum absolute atomic E-state index is 0.0851. The lowest BCUT2D eigenvalue weighted by atomic mass is 9.75. The first-order chi connectivity index (χ1) is 31.9. The second kappa shape index (κ2) is 22.6. The van der Waals surface area contributed by atoms with E-state index in [0.29, 0.717) is 6.07 Å². The van der Waals surface area contributed by atoms with Crippen molar-refractivity contribution in [3.05, 3.63) is 124 Å². The van der Waals surface area contributed by atoms with Crippen LogP contribution in [0.3, 0.4) is 0 Å². The molecule has 3 aromatic carbocycles. The lowest BCUT2D eigenvalue weighted by Gasteiger charge is -2.46. The van der Waals surface area contributed by atoms with Crippen LogP contribution < -0.4 is 30.0 Å². The Balaban J connectivity index is 1.57. The maximum Gasteiger partial charge on any atom is 0.323 e. The maximum absolute atomic E-state index is 15.0. The summed E-state index contributed by atoms with van der Waals surface area (Å²) in [5, 5.41) is 19.4. The van der Waals surface area contributed by atoms with E-state index in [4.69, 9.17) is 18.5 Å². The number of pyridine rings is 1. The number of hydrogen-bond acceptors (Lipinski definition) is 13. The third-order valence-corrected chi connectivity index (χ3v) is 15.1. The van der Waals surface area contributed by atoms with Gasteiger partial charge in [0, 0.05) is 55.5 Å². The number of amides is 1. The predicted molar refractivity (Wildman–Crippen MR) is 250 cm³/mol. The van der Waals surface area contributed by atoms with E-state index in [1.165, 1.54) is 18.4 Å². The van der Waals surface area contributed by atoms with Gasteiger partial charge in [0.15, 0.2) is 11.5 Å². The summed E-state index contributed by atoms with van der Waals surface area (Å²) in [5.74, 6) is -5.50. The van der Waals surface area contributed by atoms with E-state index < -0.39 is 115 Å². The van der Waals surface area contributed by atoms with Crippen molar-refractivity contribution in [1.29, 1.82) is 0 Å². The zero-order valence-corrected chi connectivity index (χ0v) is 41.0. The summed E-state index contributed by atoms with van der Waals surface area (Å²) in [5.41, 5.74) is -3.71. The summed E-state index contributed by atoms with van der Waals surface area (Å²) >= 11 is 0. The maximum atomic E-state index is 15.0. The number of Topliss-reactive ketones (excluding diaryl/α,β-unsaturated/α-hetero) is 1. The summed E-state index contributed by atoms with van der Waals surface area (Å²) in [7, 11) is -8.22. The van der Waals surface area contributed by atoms with Crippen LogP contribution >= 0.6 is 15.0 Å². The molecule has 1 aromatic heterocycles. The third-order valence-electron chi connectivity index (χ3n) is 10.9. The quantitative estimate of drug-likeness (QED) is 0.0458. The molecular weight excluding hydrogens is 926 g/mol. The number of carbonyl (C=O) groups excluding carboxylic acids is 4. The van der Waals surface area contributed by atoms with Crippen molar-refractivity contribution in [2.75, 3.05) is 25.4 Å². The summed E-state index contributed by atoms with van der Waals surface area (Å²) < 4.78 is 82.2. The van der Waals surface area contributed by atoms with Crippen LogP contribution in [0.25, 0.3) is 0 Å². The first kappa shape index (κ1) is 53.2. The molecule has 0 aliphatic carbocycles. The molecule has 3 unspecified atom stereocenters. The van der Waals surface area contributed by atoms with Crippen LogP contribution in [0, 0.1) is 17.0 Å². The number of carbonyl (C=O) groups is 4. The highest BCUT2D eigenvalue weighted by atomic mass is 31.2. The Morgan fingerprint density at radius 3 is 1.74 bits per heavy atom. The first-order valence-corrected chi connectivity index (χ1v) is 25.6. The molecule has 0 radical (unpaired) electrons. The van der Waals surface area contributed by atoms with Crippen molar-refractivity contribution in [3.8, 4) is 17.2 Å². The highest BCUT2D eigenvalue weighted by Crippen LogP contribution is 2.47. The second-order valence-electron chi connectivity index (χ2n) is 17.5. The molecule has 1 aliphatic heterocycles. The van der Waals surface area contributed by atoms with E-state index >= 15 is 9.13 Å². The minimum Gasteiger partial charge on any atom is -0.503 e. The highest BCUT2D eigenvalue weighted by molar-refractivity contribution is 7.57. The largest absolute Gasteiger partial charge is 0.503 e. The summed E-state index contributed by atoms with van der Waals surface area (Å²) in [6.45, 7) is 11.7. The van der Waals surface area contributed by atoms with Crippen LogP contribution in [0.5, 0.6) is 17.2 Å². The van der Waals surface area contributed by atoms with E-state index in [0.717, 1.165) is 18.3 Å². The molecule has 0 fully saturated rings. The van der Waals surface area contributed by atoms with Gasteiger partial charge in [0.2, 0.25) is 5.43 Å². The van der Waals surface area contributed by atoms with Gasteiger partial charge in [-0.25, -0.2) is 19.0 Å². The van der Waals surface area contributed by atoms with Crippen LogP contribution in [0.4, 0.5) is 8.78 Å². The normalized spacial score (nSPS) is 17.1. The molecule has 4 N–H and O–H groups in total. The summed E-state index contributed by atoms with van der Waals surface area (Å²) in [6.07, 6.45) is -0.534. The smallest absolute Gasteiger partial charge is 0.323 e. The fraction of sp³-hybridized carbons (Fsp3) is 0.426. The van der Waals surface area contributed by atoms with Crippen LogP contribution in [0.1, 0.15) is 81.8 Å². The fourth-order valence-corrected chi connectivity index (χ4v) is 11.4. The Morgan fingerprint density at radius 1 is 0.794 bits per heavy atom. The van der Waals surface area contributed by atoms with Gasteiger partial charge >= 0.3 is 27.0 Å². The van der Waals surface area contributed by atoms with Crippen molar-refractivity contribution in [2.24, 2.45) is 5.41 Å². The number of halogens is 2. The van der Waals surface area contributed by atoms with Gasteiger partial charge < -0.3 is 33.5 Å². The number of nitrogens with one attached hydrogen (secondary N) is 3. The summed E-state index contributed by atoms with van der Waals surface area (Å²) in [4.78, 5) is 69.4. The molecule has 21 heteroatoms. The number of fused-ring (bicyclic) bond motifs is 1. The van der Waals surface area contributed by atoms with Gasteiger partial charge in [0.1, 0.15) is 46.5 Å². The van der Waals surface area contributed by atoms with Gasteiger partial charge in [-0.05, 0) is 71.9 Å². The molecule has 4 aromatic rings. The first-order valence-electron chi connectivity index (χ1n) is 22.0. The second-order valence-corrected chi connectivity index (χ2v) is 22.0. The average Bonchev–Trinajstić information content (AvgIpc) is 3.26. The Labute approximate surface area is 393 Å². The van der Waals surface area contributed by atoms with Crippen LogP contribution in [-0.2, 0) is 41.3 Å². The average molecular weight is 986 g/mol. The molecular formula is C47H59F2N5O12P2. The van der Waals surface area contributed by atoms with E-state index in [1.807, 2.05) is 0 Å². The molecule has 1 amide bonds. The van der Waals surface area contributed by atoms with Gasteiger partial charge in [-0.1, -0.05) is 56.3 Å². The monoisotopic (exact) mass is 985 g/mol. The third kappa shape index (κ3) is 13.7. The molecule has 0 saturated heterocycles. The molecule has 368 valence electrons. The van der Waals surface area contributed by atoms with Crippen LogP contribution in [0.2, 0.25) is 0 Å². The Hall–Kier alpha value is -5.71. The minimum atomic E-state index is -4.11. The molecule has 5 atom stereocenters. The fourth-order valence-electron chi connectivity index (χ4n) is 7.46. The van der Waals surface area contributed by atoms with Crippen molar-refractivity contribution in [1.82, 2.24) is 25.0 Å². The van der Waals surface area contributed by atoms with Crippen LogP contribution in [-0.4, -0.2) is 93.9 Å². The number of benzene rings is 3. The van der Waals surface area contributed by atoms with Gasteiger partial charge in [-0.3, -0.25) is 38.0 Å². The molecule has 1 aliphatic rings. The molecule has 68 heavy (non-hydrogen) atoms. The molecule has 0 spiro atoms. The van der Waals surface area contributed by atoms with Crippen molar-refractivity contribution in [3.63, 3.8) is 0 Å². The topological polar surface area (TPSA) is 221 Å². The SMILES string of the molecule is CC(C)OC(=O)[C@@H](C)NP(=O)(CCN(CCP(=O)(N[C@H](C)C(=O)OC(C)C)Oc1ccccc1)C1Cn2cc(C(=O)NCc3ccc(F)cc3F)c(=O)c(O)c2C(=O)C1(C)C)Oc1ccccc1. The predicted octanol–water partition coefficient (Wildman–Crippen LogP) is 7.06. The Kier molecular flexibility index (Phi) is 17.7. The number of para-hydroxylation sites is 2. The van der Waals surface area contributed by atoms with E-state index in [1.54, 1.807) is 107 Å². The number of rotatable bonds is 22. The number of ketones is 1. The zero-order chi connectivity index (χ0) is 50.1. The van der Waals surface area contributed by atoms with Gasteiger partial charge in [0.05, 0.1) is 24.5 Å². The zero-order valence-electron chi connectivity index (χ0n) is 39.2. The van der Waals surface area contributed by atoms with Crippen molar-refractivity contribution < 1.29 is 60.7 Å². The van der Waals surface area contributed by atoms with Crippen LogP contribution in [0.15, 0.2) is 89.9 Å². The number of aromatic hydroxyl groups is 1.